The zero-order valence-electron chi connectivity index (χ0n) is 12.3. The molecule has 2 atom stereocenters. The van der Waals surface area contributed by atoms with Crippen molar-refractivity contribution in [2.24, 2.45) is 22.4 Å². The molecule has 108 valence electrons. The van der Waals surface area contributed by atoms with E-state index in [1.807, 2.05) is 24.4 Å². The third-order valence-electron chi connectivity index (χ3n) is 5.18. The summed E-state index contributed by atoms with van der Waals surface area (Å²) < 4.78 is 1.19. The summed E-state index contributed by atoms with van der Waals surface area (Å²) in [4.78, 5) is 4.53. The summed E-state index contributed by atoms with van der Waals surface area (Å²) in [5.74, 6) is 1.55. The molecular formula is C17H19N3S. The summed E-state index contributed by atoms with van der Waals surface area (Å²) in [5, 5.41) is 5.26. The van der Waals surface area contributed by atoms with Crippen molar-refractivity contribution in [1.29, 1.82) is 0 Å². The van der Waals surface area contributed by atoms with E-state index in [9.17, 15) is 0 Å². The second kappa shape index (κ2) is 4.67. The minimum Gasteiger partial charge on any atom is -0.253 e. The molecule has 0 aliphatic heterocycles. The van der Waals surface area contributed by atoms with Crippen LogP contribution in [0.15, 0.2) is 41.0 Å². The molecule has 1 N–H and O–H groups in total. The third-order valence-corrected chi connectivity index (χ3v) is 6.12. The number of nitrogens with zero attached hydrogens (tertiary/aromatic N) is 2. The van der Waals surface area contributed by atoms with E-state index in [-0.39, 0.29) is 0 Å². The second-order valence-corrected chi connectivity index (χ2v) is 7.63. The maximum absolute atomic E-state index is 4.53. The summed E-state index contributed by atoms with van der Waals surface area (Å²) in [5.41, 5.74) is 5.95. The molecule has 0 radical (unpaired) electrons. The number of fused-ring (bicyclic) bond motifs is 2. The van der Waals surface area contributed by atoms with Gasteiger partial charge in [-0.05, 0) is 47.8 Å². The Morgan fingerprint density at radius 3 is 3.00 bits per heavy atom. The minimum atomic E-state index is 0.450. The molecule has 21 heavy (non-hydrogen) atoms. The predicted molar refractivity (Wildman–Crippen MR) is 89.8 cm³/mol. The lowest BCUT2D eigenvalue weighted by molar-refractivity contribution is -0.00124. The molecule has 5 rings (SSSR count). The highest BCUT2D eigenvalue weighted by Gasteiger charge is 2.50. The monoisotopic (exact) mass is 297 g/mol. The van der Waals surface area contributed by atoms with Crippen LogP contribution in [0, 0.1) is 17.3 Å². The van der Waals surface area contributed by atoms with Crippen LogP contribution in [-0.4, -0.2) is 11.2 Å². The van der Waals surface area contributed by atoms with E-state index in [2.05, 4.69) is 41.5 Å². The van der Waals surface area contributed by atoms with E-state index in [1.165, 1.54) is 23.1 Å². The molecule has 0 spiro atoms. The largest absolute Gasteiger partial charge is 0.253 e. The first-order valence-electron chi connectivity index (χ1n) is 7.49. The number of nitrogens with one attached hydrogen (secondary N) is 1. The maximum Gasteiger partial charge on any atom is 0.204 e. The van der Waals surface area contributed by atoms with Crippen molar-refractivity contribution in [1.82, 2.24) is 4.98 Å². The predicted octanol–water partition coefficient (Wildman–Crippen LogP) is 4.69. The summed E-state index contributed by atoms with van der Waals surface area (Å²) in [7, 11) is 0. The molecular weight excluding hydrogens is 278 g/mol. The SMILES string of the molecule is CC1(C)[C@H]2CC=C(C=NNc3nc4ccccc4s3)[C@H]1C2. The Morgan fingerprint density at radius 1 is 1.38 bits per heavy atom. The number of thiazole rings is 1. The number of para-hydroxylation sites is 1. The van der Waals surface area contributed by atoms with Gasteiger partial charge in [-0.3, -0.25) is 5.43 Å². The van der Waals surface area contributed by atoms with Gasteiger partial charge in [0.05, 0.1) is 16.4 Å². The highest BCUT2D eigenvalue weighted by atomic mass is 32.1. The number of hydrogen-bond acceptors (Lipinski definition) is 4. The number of hydrogen-bond donors (Lipinski definition) is 1. The van der Waals surface area contributed by atoms with E-state index in [0.717, 1.165) is 16.6 Å². The van der Waals surface area contributed by atoms with Crippen molar-refractivity contribution in [2.75, 3.05) is 5.43 Å². The average molecular weight is 297 g/mol. The van der Waals surface area contributed by atoms with Gasteiger partial charge in [-0.1, -0.05) is 43.4 Å². The normalized spacial score (nSPS) is 26.7. The molecule has 1 aromatic heterocycles. The highest BCUT2D eigenvalue weighted by Crippen LogP contribution is 2.58. The zero-order valence-corrected chi connectivity index (χ0v) is 13.2. The van der Waals surface area contributed by atoms with Gasteiger partial charge >= 0.3 is 0 Å². The molecule has 3 aliphatic carbocycles. The molecule has 4 heteroatoms. The van der Waals surface area contributed by atoms with Crippen LogP contribution in [0.5, 0.6) is 0 Å². The van der Waals surface area contributed by atoms with Crippen LogP contribution in [-0.2, 0) is 0 Å². The van der Waals surface area contributed by atoms with Crippen LogP contribution in [0.2, 0.25) is 0 Å². The maximum atomic E-state index is 4.53. The van der Waals surface area contributed by atoms with E-state index in [4.69, 9.17) is 0 Å². The van der Waals surface area contributed by atoms with Crippen LogP contribution in [0.4, 0.5) is 5.13 Å². The zero-order chi connectivity index (χ0) is 14.4. The Morgan fingerprint density at radius 2 is 2.24 bits per heavy atom. The number of hydrazone groups is 1. The van der Waals surface area contributed by atoms with E-state index < -0.39 is 0 Å². The van der Waals surface area contributed by atoms with Gasteiger partial charge in [0.2, 0.25) is 5.13 Å². The van der Waals surface area contributed by atoms with Crippen molar-refractivity contribution >= 4 is 32.9 Å². The third kappa shape index (κ3) is 2.09. The Bertz CT molecular complexity index is 708. The van der Waals surface area contributed by atoms with Gasteiger partial charge in [0.25, 0.3) is 0 Å². The van der Waals surface area contributed by atoms with Crippen molar-refractivity contribution < 1.29 is 0 Å². The van der Waals surface area contributed by atoms with E-state index >= 15 is 0 Å². The van der Waals surface area contributed by atoms with Crippen LogP contribution in [0.1, 0.15) is 26.7 Å². The molecule has 1 aromatic carbocycles. The van der Waals surface area contributed by atoms with Crippen molar-refractivity contribution in [2.45, 2.75) is 26.7 Å². The fourth-order valence-corrected chi connectivity index (χ4v) is 4.44. The van der Waals surface area contributed by atoms with Gasteiger partial charge in [0, 0.05) is 0 Å². The number of benzene rings is 1. The number of rotatable bonds is 3. The second-order valence-electron chi connectivity index (χ2n) is 6.60. The van der Waals surface area contributed by atoms with Crippen molar-refractivity contribution in [3.05, 3.63) is 35.9 Å². The summed E-state index contributed by atoms with van der Waals surface area (Å²) in [6, 6.07) is 8.16. The number of allylic oxidation sites excluding steroid dienone is 2. The summed E-state index contributed by atoms with van der Waals surface area (Å²) in [6.45, 7) is 4.77. The summed E-state index contributed by atoms with van der Waals surface area (Å²) in [6.07, 6.45) is 6.87. The van der Waals surface area contributed by atoms with Crippen molar-refractivity contribution in [3.8, 4) is 0 Å². The Kier molecular flexibility index (Phi) is 2.89. The lowest BCUT2D eigenvalue weighted by atomic mass is 9.49. The van der Waals surface area contributed by atoms with Gasteiger partial charge < -0.3 is 0 Å². The summed E-state index contributed by atoms with van der Waals surface area (Å²) >= 11 is 1.64. The van der Waals surface area contributed by atoms with Crippen LogP contribution in [0.3, 0.4) is 0 Å². The lowest BCUT2D eigenvalue weighted by Gasteiger charge is -2.55. The van der Waals surface area contributed by atoms with Crippen LogP contribution < -0.4 is 5.43 Å². The topological polar surface area (TPSA) is 37.3 Å². The Balaban J connectivity index is 1.48. The number of aromatic nitrogens is 1. The molecule has 1 heterocycles. The lowest BCUT2D eigenvalue weighted by Crippen LogP contribution is -2.48. The van der Waals surface area contributed by atoms with Crippen LogP contribution in [0.25, 0.3) is 10.2 Å². The Labute approximate surface area is 128 Å². The van der Waals surface area contributed by atoms with Crippen molar-refractivity contribution in [3.63, 3.8) is 0 Å². The first kappa shape index (κ1) is 13.0. The molecule has 3 nitrogen and oxygen atoms in total. The standard InChI is InChI=1S/C17H19N3S/c1-17(2)12-8-7-11(13(17)9-12)10-18-20-16-19-14-5-3-4-6-15(14)21-16/h3-7,10,12-13H,8-9H2,1-2H3,(H,19,20)/t12-,13+/m0/s1. The molecule has 3 aliphatic rings. The molecule has 2 aromatic rings. The first-order chi connectivity index (χ1) is 10.1. The van der Waals surface area contributed by atoms with Gasteiger partial charge in [-0.2, -0.15) is 5.10 Å². The molecule has 2 bridgehead atoms. The molecule has 0 amide bonds. The Hall–Kier alpha value is -1.68. The number of anilines is 1. The van der Waals surface area contributed by atoms with Gasteiger partial charge in [-0.15, -0.1) is 0 Å². The molecule has 1 fully saturated rings. The smallest absolute Gasteiger partial charge is 0.204 e. The molecule has 0 unspecified atom stereocenters. The fourth-order valence-electron chi connectivity index (χ4n) is 3.63. The van der Waals surface area contributed by atoms with Gasteiger partial charge in [0.15, 0.2) is 0 Å². The molecule has 0 saturated heterocycles. The minimum absolute atomic E-state index is 0.450. The quantitative estimate of drug-likeness (QED) is 0.659. The average Bonchev–Trinajstić information content (AvgIpc) is 2.90. The first-order valence-corrected chi connectivity index (χ1v) is 8.31. The van der Waals surface area contributed by atoms with E-state index in [1.54, 1.807) is 11.3 Å². The highest BCUT2D eigenvalue weighted by molar-refractivity contribution is 7.22. The van der Waals surface area contributed by atoms with E-state index in [0.29, 0.717) is 11.3 Å². The van der Waals surface area contributed by atoms with Gasteiger partial charge in [0.1, 0.15) is 0 Å². The molecule has 1 saturated carbocycles. The van der Waals surface area contributed by atoms with Gasteiger partial charge in [-0.25, -0.2) is 4.98 Å². The fraction of sp³-hybridized carbons (Fsp3) is 0.412. The van der Waals surface area contributed by atoms with Crippen LogP contribution >= 0.6 is 11.3 Å².